The number of carboxylic acids is 1. The number of aliphatic carboxylic acids is 1. The minimum atomic E-state index is -1.03. The van der Waals surface area contributed by atoms with Crippen LogP contribution in [0.25, 0.3) is 0 Å². The van der Waals surface area contributed by atoms with Gasteiger partial charge in [0.25, 0.3) is 5.75 Å². The van der Waals surface area contributed by atoms with Gasteiger partial charge in [0.15, 0.2) is 0 Å². The molecule has 0 spiro atoms. The number of hydrogen-bond donors (Lipinski definition) is 2. The van der Waals surface area contributed by atoms with Crippen molar-refractivity contribution in [1.29, 1.82) is 0 Å². The highest BCUT2D eigenvalue weighted by Crippen LogP contribution is 2.60. The first-order valence-electron chi connectivity index (χ1n) is 8.45. The van der Waals surface area contributed by atoms with E-state index in [4.69, 9.17) is 0 Å². The molecule has 2 aliphatic carbocycles. The zero-order valence-corrected chi connectivity index (χ0v) is 14.5. The SMILES string of the molecule is C[C@@]1(C(=O)O)CCC[C@]2(C)c3c(cc([N+](=O)[O-])c(O)c3[N+](=O)[O-])CC[C@@H]12. The molecular weight excluding hydrogens is 344 g/mol. The van der Waals surface area contributed by atoms with E-state index < -0.39 is 43.8 Å². The highest BCUT2D eigenvalue weighted by atomic mass is 16.6. The first kappa shape index (κ1) is 18.1. The van der Waals surface area contributed by atoms with Crippen LogP contribution in [-0.2, 0) is 16.6 Å². The van der Waals surface area contributed by atoms with Gasteiger partial charge in [-0.25, -0.2) is 0 Å². The second-order valence-electron chi connectivity index (χ2n) is 7.73. The number of aromatic hydroxyl groups is 1. The van der Waals surface area contributed by atoms with Crippen molar-refractivity contribution in [3.8, 4) is 5.75 Å². The zero-order valence-electron chi connectivity index (χ0n) is 14.5. The Labute approximate surface area is 148 Å². The third-order valence-electron chi connectivity index (χ3n) is 6.41. The summed E-state index contributed by atoms with van der Waals surface area (Å²) >= 11 is 0. The maximum absolute atomic E-state index is 11.9. The highest BCUT2D eigenvalue weighted by molar-refractivity contribution is 5.76. The molecule has 0 amide bonds. The third kappa shape index (κ3) is 2.26. The normalized spacial score (nSPS) is 30.2. The van der Waals surface area contributed by atoms with Crippen LogP contribution < -0.4 is 0 Å². The van der Waals surface area contributed by atoms with Crippen LogP contribution in [0, 0.1) is 31.6 Å². The lowest BCUT2D eigenvalue weighted by atomic mass is 9.49. The maximum atomic E-state index is 11.9. The Morgan fingerprint density at radius 1 is 1.23 bits per heavy atom. The van der Waals surface area contributed by atoms with Crippen LogP contribution in [0.15, 0.2) is 6.07 Å². The van der Waals surface area contributed by atoms with Gasteiger partial charge in [0.1, 0.15) is 0 Å². The first-order chi connectivity index (χ1) is 12.0. The number of fused-ring (bicyclic) bond motifs is 3. The molecule has 2 N–H and O–H groups in total. The second kappa shape index (κ2) is 5.65. The van der Waals surface area contributed by atoms with Gasteiger partial charge in [-0.1, -0.05) is 13.3 Å². The summed E-state index contributed by atoms with van der Waals surface area (Å²) in [5.41, 5.74) is -2.50. The molecule has 0 aromatic heterocycles. The van der Waals surface area contributed by atoms with Gasteiger partial charge in [0, 0.05) is 17.0 Å². The van der Waals surface area contributed by atoms with Crippen molar-refractivity contribution in [2.24, 2.45) is 11.3 Å². The Bertz CT molecular complexity index is 837. The Balaban J connectivity index is 2.31. The van der Waals surface area contributed by atoms with E-state index in [1.54, 1.807) is 13.8 Å². The summed E-state index contributed by atoms with van der Waals surface area (Å²) in [5, 5.41) is 42.9. The van der Waals surface area contributed by atoms with Crippen LogP contribution >= 0.6 is 0 Å². The van der Waals surface area contributed by atoms with Gasteiger partial charge in [-0.05, 0) is 44.1 Å². The largest absolute Gasteiger partial charge is 0.497 e. The predicted molar refractivity (Wildman–Crippen MR) is 90.2 cm³/mol. The van der Waals surface area contributed by atoms with Gasteiger partial charge in [-0.3, -0.25) is 25.0 Å². The van der Waals surface area contributed by atoms with Gasteiger partial charge in [0.2, 0.25) is 0 Å². The molecule has 140 valence electrons. The van der Waals surface area contributed by atoms with Crippen molar-refractivity contribution in [1.82, 2.24) is 0 Å². The predicted octanol–water partition coefficient (Wildman–Crippen LogP) is 3.30. The van der Waals surface area contributed by atoms with E-state index in [-0.39, 0.29) is 11.5 Å². The van der Waals surface area contributed by atoms with E-state index in [9.17, 15) is 35.2 Å². The highest BCUT2D eigenvalue weighted by Gasteiger charge is 2.58. The van der Waals surface area contributed by atoms with Crippen LogP contribution in [0.1, 0.15) is 50.7 Å². The standard InChI is InChI=1S/C17H20N2O7/c1-16-6-3-7-17(2,15(21)22)11(16)5-4-9-8-10(18(23)24)14(20)13(12(9)16)19(25)26/h8,11,20H,3-7H2,1-2H3,(H,21,22)/t11-,16+,17-/m1/s1. The number of carboxylic acid groups (broad SMARTS) is 1. The van der Waals surface area contributed by atoms with Gasteiger partial charge >= 0.3 is 17.3 Å². The molecular formula is C17H20N2O7. The summed E-state index contributed by atoms with van der Waals surface area (Å²) in [5.74, 6) is -2.25. The van der Waals surface area contributed by atoms with Crippen LogP contribution in [0.2, 0.25) is 0 Å². The summed E-state index contributed by atoms with van der Waals surface area (Å²) < 4.78 is 0. The molecule has 9 heteroatoms. The molecule has 0 heterocycles. The molecule has 0 saturated heterocycles. The summed E-state index contributed by atoms with van der Waals surface area (Å²) in [6.07, 6.45) is 2.37. The molecule has 3 rings (SSSR count). The molecule has 3 atom stereocenters. The molecule has 0 radical (unpaired) electrons. The number of carbonyl (C=O) groups is 1. The molecule has 1 aromatic carbocycles. The lowest BCUT2D eigenvalue weighted by molar-refractivity contribution is -0.397. The minimum absolute atomic E-state index is 0.258. The van der Waals surface area contributed by atoms with Gasteiger partial charge < -0.3 is 10.2 Å². The Morgan fingerprint density at radius 2 is 1.88 bits per heavy atom. The first-order valence-corrected chi connectivity index (χ1v) is 8.45. The van der Waals surface area contributed by atoms with Crippen molar-refractivity contribution in [3.63, 3.8) is 0 Å². The molecule has 1 fully saturated rings. The van der Waals surface area contributed by atoms with Crippen LogP contribution in [0.4, 0.5) is 11.4 Å². The number of phenols is 1. The maximum Gasteiger partial charge on any atom is 0.322 e. The number of hydrogen-bond acceptors (Lipinski definition) is 6. The van der Waals surface area contributed by atoms with E-state index in [0.29, 0.717) is 37.7 Å². The van der Waals surface area contributed by atoms with Crippen LogP contribution in [0.5, 0.6) is 5.75 Å². The van der Waals surface area contributed by atoms with E-state index in [2.05, 4.69) is 0 Å². The summed E-state index contributed by atoms with van der Waals surface area (Å²) in [7, 11) is 0. The Kier molecular flexibility index (Phi) is 3.93. The molecule has 1 saturated carbocycles. The fourth-order valence-electron chi connectivity index (χ4n) is 5.22. The zero-order chi connectivity index (χ0) is 19.4. The summed E-state index contributed by atoms with van der Waals surface area (Å²) in [6.45, 7) is 3.45. The molecule has 0 unspecified atom stereocenters. The van der Waals surface area contributed by atoms with E-state index in [0.717, 1.165) is 0 Å². The molecule has 2 aliphatic rings. The Hall–Kier alpha value is -2.71. The van der Waals surface area contributed by atoms with Gasteiger partial charge in [0.05, 0.1) is 15.3 Å². The molecule has 0 aliphatic heterocycles. The molecule has 1 aromatic rings. The number of nitro groups is 2. The summed E-state index contributed by atoms with van der Waals surface area (Å²) in [4.78, 5) is 33.2. The average Bonchev–Trinajstić information content (AvgIpc) is 2.53. The smallest absolute Gasteiger partial charge is 0.322 e. The van der Waals surface area contributed by atoms with Crippen molar-refractivity contribution >= 4 is 17.3 Å². The lowest BCUT2D eigenvalue weighted by Crippen LogP contribution is -2.52. The molecule has 0 bridgehead atoms. The number of nitro benzene ring substituents is 2. The number of benzene rings is 1. The average molecular weight is 364 g/mol. The van der Waals surface area contributed by atoms with Crippen molar-refractivity contribution in [3.05, 3.63) is 37.4 Å². The topological polar surface area (TPSA) is 144 Å². The fraction of sp³-hybridized carbons (Fsp3) is 0.588. The number of phenolic OH excluding ortho intramolecular Hbond substituents is 1. The van der Waals surface area contributed by atoms with Gasteiger partial charge in [-0.2, -0.15) is 0 Å². The van der Waals surface area contributed by atoms with Crippen molar-refractivity contribution < 1.29 is 24.9 Å². The number of nitrogens with zero attached hydrogens (tertiary/aromatic N) is 2. The van der Waals surface area contributed by atoms with E-state index in [1.807, 2.05) is 0 Å². The van der Waals surface area contributed by atoms with E-state index in [1.165, 1.54) is 6.07 Å². The minimum Gasteiger partial charge on any atom is -0.497 e. The van der Waals surface area contributed by atoms with Crippen LogP contribution in [0.3, 0.4) is 0 Å². The summed E-state index contributed by atoms with van der Waals surface area (Å²) in [6, 6.07) is 1.20. The van der Waals surface area contributed by atoms with Gasteiger partial charge in [-0.15, -0.1) is 0 Å². The second-order valence-corrected chi connectivity index (χ2v) is 7.73. The lowest BCUT2D eigenvalue weighted by Gasteiger charge is -2.53. The fourth-order valence-corrected chi connectivity index (χ4v) is 5.22. The third-order valence-corrected chi connectivity index (χ3v) is 6.41. The van der Waals surface area contributed by atoms with Crippen molar-refractivity contribution in [2.75, 3.05) is 0 Å². The molecule has 26 heavy (non-hydrogen) atoms. The van der Waals surface area contributed by atoms with E-state index >= 15 is 0 Å². The quantitative estimate of drug-likeness (QED) is 0.618. The molecule has 9 nitrogen and oxygen atoms in total. The number of rotatable bonds is 3. The Morgan fingerprint density at radius 3 is 2.42 bits per heavy atom. The number of aryl methyl sites for hydroxylation is 1. The monoisotopic (exact) mass is 364 g/mol. The van der Waals surface area contributed by atoms with Crippen molar-refractivity contribution in [2.45, 2.75) is 51.4 Å². The van der Waals surface area contributed by atoms with Crippen LogP contribution in [-0.4, -0.2) is 26.0 Å².